The van der Waals surface area contributed by atoms with Gasteiger partial charge in [-0.1, -0.05) is 37.3 Å². The third kappa shape index (κ3) is 4.91. The summed E-state index contributed by atoms with van der Waals surface area (Å²) in [6.07, 6.45) is 9.02. The van der Waals surface area contributed by atoms with Crippen LogP contribution in [0.5, 0.6) is 0 Å². The van der Waals surface area contributed by atoms with Gasteiger partial charge in [0.15, 0.2) is 0 Å². The molecule has 41 heavy (non-hydrogen) atoms. The monoisotopic (exact) mass is 570 g/mol. The zero-order valence-corrected chi connectivity index (χ0v) is 24.4. The van der Waals surface area contributed by atoms with Crippen molar-refractivity contribution in [1.29, 1.82) is 0 Å². The molecule has 1 atom stereocenters. The number of rotatable bonds is 8. The van der Waals surface area contributed by atoms with Gasteiger partial charge in [0.1, 0.15) is 4.90 Å². The zero-order chi connectivity index (χ0) is 28.8. The number of hydrogen-bond acceptors (Lipinski definition) is 5. The summed E-state index contributed by atoms with van der Waals surface area (Å²) in [4.78, 5) is 12.2. The van der Waals surface area contributed by atoms with Crippen molar-refractivity contribution in [3.8, 4) is 5.69 Å². The molecule has 9 nitrogen and oxygen atoms in total. The number of hydrogen-bond donors (Lipinski definition) is 0. The minimum absolute atomic E-state index is 0.0787. The van der Waals surface area contributed by atoms with Gasteiger partial charge in [-0.15, -0.1) is 0 Å². The Hall–Kier alpha value is -4.02. The van der Waals surface area contributed by atoms with E-state index in [0.717, 1.165) is 40.6 Å². The highest BCUT2D eigenvalue weighted by Crippen LogP contribution is 2.42. The highest BCUT2D eigenvalue weighted by atomic mass is 32.2. The van der Waals surface area contributed by atoms with Gasteiger partial charge in [-0.3, -0.25) is 9.48 Å². The van der Waals surface area contributed by atoms with Crippen LogP contribution in [0.4, 0.5) is 0 Å². The molecule has 1 fully saturated rings. The third-order valence-electron chi connectivity index (χ3n) is 8.20. The van der Waals surface area contributed by atoms with E-state index in [4.69, 9.17) is 0 Å². The first-order valence-electron chi connectivity index (χ1n) is 13.9. The van der Waals surface area contributed by atoms with Gasteiger partial charge >= 0.3 is 0 Å². The average Bonchev–Trinajstić information content (AvgIpc) is 3.70. The van der Waals surface area contributed by atoms with Crippen LogP contribution in [0, 0.1) is 6.92 Å². The smallest absolute Gasteiger partial charge is 0.250 e. The summed E-state index contributed by atoms with van der Waals surface area (Å²) in [5, 5.41) is 9.89. The van der Waals surface area contributed by atoms with E-state index in [-0.39, 0.29) is 10.5 Å². The highest BCUT2D eigenvalue weighted by molar-refractivity contribution is 7.89. The van der Waals surface area contributed by atoms with E-state index in [2.05, 4.69) is 41.4 Å². The molecule has 1 aliphatic rings. The summed E-state index contributed by atoms with van der Waals surface area (Å²) < 4.78 is 34.2. The molecular weight excluding hydrogens is 536 g/mol. The number of sulfonamides is 1. The van der Waals surface area contributed by atoms with Gasteiger partial charge < -0.3 is 4.57 Å². The molecule has 0 aliphatic carbocycles. The van der Waals surface area contributed by atoms with Crippen molar-refractivity contribution < 1.29 is 8.42 Å². The fourth-order valence-electron chi connectivity index (χ4n) is 6.12. The van der Waals surface area contributed by atoms with E-state index in [1.54, 1.807) is 45.1 Å². The molecule has 0 spiro atoms. The fourth-order valence-corrected chi connectivity index (χ4v) is 7.61. The lowest BCUT2D eigenvalue weighted by molar-refractivity contribution is 0.413. The van der Waals surface area contributed by atoms with Gasteiger partial charge in [-0.25, -0.2) is 13.1 Å². The van der Waals surface area contributed by atoms with Gasteiger partial charge in [0.05, 0.1) is 23.6 Å². The molecule has 0 bridgehead atoms. The van der Waals surface area contributed by atoms with Crippen LogP contribution < -0.4 is 5.56 Å². The van der Waals surface area contributed by atoms with Gasteiger partial charge in [0, 0.05) is 55.9 Å². The molecule has 5 aromatic rings. The maximum atomic E-state index is 13.8. The van der Waals surface area contributed by atoms with Crippen LogP contribution in [-0.4, -0.2) is 49.9 Å². The standard InChI is InChI=1S/C31H34N6O3S/c1-4-13-35-21-27(19-32-35)41(39,40)36-14-12-31(22-36,17-24-8-6-5-7-9-24)28-16-25-18-33-37(29(25)15-23(28)2)26-10-11-30(38)34(3)20-26/h5-11,15-16,18-21H,4,12-14,17,22H2,1-3H3. The topological polar surface area (TPSA) is 95.0 Å². The first-order chi connectivity index (χ1) is 19.7. The van der Waals surface area contributed by atoms with Crippen molar-refractivity contribution in [3.63, 3.8) is 0 Å². The molecule has 1 aliphatic heterocycles. The van der Waals surface area contributed by atoms with E-state index >= 15 is 0 Å². The molecule has 6 rings (SSSR count). The van der Waals surface area contributed by atoms with Gasteiger partial charge in [-0.2, -0.15) is 14.5 Å². The Morgan fingerprint density at radius 3 is 2.56 bits per heavy atom. The Kier molecular flexibility index (Phi) is 6.91. The summed E-state index contributed by atoms with van der Waals surface area (Å²) in [6.45, 7) is 5.62. The van der Waals surface area contributed by atoms with Crippen LogP contribution in [-0.2, 0) is 35.5 Å². The molecule has 0 radical (unpaired) electrons. The minimum atomic E-state index is -3.70. The van der Waals surface area contributed by atoms with E-state index in [0.29, 0.717) is 26.1 Å². The molecule has 1 unspecified atom stereocenters. The predicted molar refractivity (Wildman–Crippen MR) is 159 cm³/mol. The zero-order valence-electron chi connectivity index (χ0n) is 23.6. The average molecular weight is 571 g/mol. The molecule has 10 heteroatoms. The lowest BCUT2D eigenvalue weighted by atomic mass is 9.73. The highest BCUT2D eigenvalue weighted by Gasteiger charge is 2.45. The Bertz CT molecular complexity index is 1890. The van der Waals surface area contributed by atoms with Crippen LogP contribution in [0.1, 0.15) is 36.5 Å². The van der Waals surface area contributed by atoms with Crippen LogP contribution in [0.3, 0.4) is 0 Å². The third-order valence-corrected chi connectivity index (χ3v) is 10.0. The van der Waals surface area contributed by atoms with Crippen molar-refractivity contribution in [2.75, 3.05) is 13.1 Å². The first kappa shape index (κ1) is 27.2. The fraction of sp³-hybridized carbons (Fsp3) is 0.323. The minimum Gasteiger partial charge on any atom is -0.316 e. The second-order valence-corrected chi connectivity index (χ2v) is 13.0. The largest absolute Gasteiger partial charge is 0.316 e. The number of pyridine rings is 1. The quantitative estimate of drug-likeness (QED) is 0.279. The Morgan fingerprint density at radius 1 is 1.00 bits per heavy atom. The number of fused-ring (bicyclic) bond motifs is 1. The van der Waals surface area contributed by atoms with E-state index in [1.807, 2.05) is 36.0 Å². The van der Waals surface area contributed by atoms with Crippen molar-refractivity contribution in [2.24, 2.45) is 7.05 Å². The number of benzene rings is 2. The van der Waals surface area contributed by atoms with Crippen LogP contribution >= 0.6 is 0 Å². The molecule has 0 N–H and O–H groups in total. The summed E-state index contributed by atoms with van der Waals surface area (Å²) in [5.41, 5.74) is 4.63. The maximum Gasteiger partial charge on any atom is 0.250 e. The van der Waals surface area contributed by atoms with Crippen molar-refractivity contribution >= 4 is 20.9 Å². The second-order valence-electron chi connectivity index (χ2n) is 11.1. The summed E-state index contributed by atoms with van der Waals surface area (Å²) >= 11 is 0. The molecule has 0 amide bonds. The summed E-state index contributed by atoms with van der Waals surface area (Å²) in [7, 11) is -1.97. The Balaban J connectivity index is 1.42. The summed E-state index contributed by atoms with van der Waals surface area (Å²) in [5.74, 6) is 0. The number of aryl methyl sites for hydroxylation is 3. The Labute approximate surface area is 239 Å². The SMILES string of the molecule is CCCn1cc(S(=O)(=O)N2CCC(Cc3ccccc3)(c3cc4cnn(-c5ccc(=O)n(C)c5)c4cc3C)C2)cn1. The molecule has 4 heterocycles. The van der Waals surface area contributed by atoms with Crippen molar-refractivity contribution in [3.05, 3.63) is 106 Å². The Morgan fingerprint density at radius 2 is 1.80 bits per heavy atom. The lowest BCUT2D eigenvalue weighted by Crippen LogP contribution is -2.36. The number of aromatic nitrogens is 5. The molecule has 3 aromatic heterocycles. The van der Waals surface area contributed by atoms with Crippen molar-refractivity contribution in [1.82, 2.24) is 28.4 Å². The number of nitrogens with zero attached hydrogens (tertiary/aromatic N) is 6. The van der Waals surface area contributed by atoms with E-state index < -0.39 is 15.4 Å². The van der Waals surface area contributed by atoms with E-state index in [1.165, 1.54) is 11.8 Å². The van der Waals surface area contributed by atoms with E-state index in [9.17, 15) is 13.2 Å². The molecule has 0 saturated carbocycles. The van der Waals surface area contributed by atoms with Crippen molar-refractivity contribution in [2.45, 2.75) is 50.0 Å². The molecule has 212 valence electrons. The van der Waals surface area contributed by atoms with Crippen LogP contribution in [0.2, 0.25) is 0 Å². The molecule has 1 saturated heterocycles. The maximum absolute atomic E-state index is 13.8. The lowest BCUT2D eigenvalue weighted by Gasteiger charge is -2.32. The normalized spacial score (nSPS) is 17.9. The molecule has 2 aromatic carbocycles. The van der Waals surface area contributed by atoms with Gasteiger partial charge in [-0.05, 0) is 61.1 Å². The predicted octanol–water partition coefficient (Wildman–Crippen LogP) is 4.21. The van der Waals surface area contributed by atoms with Crippen LogP contribution in [0.25, 0.3) is 16.6 Å². The molecular formula is C31H34N6O3S. The van der Waals surface area contributed by atoms with Crippen LogP contribution in [0.15, 0.2) is 89.1 Å². The second kappa shape index (κ2) is 10.4. The van der Waals surface area contributed by atoms with Gasteiger partial charge in [0.2, 0.25) is 15.6 Å². The van der Waals surface area contributed by atoms with Gasteiger partial charge in [0.25, 0.3) is 0 Å². The first-order valence-corrected chi connectivity index (χ1v) is 15.4. The summed E-state index contributed by atoms with van der Waals surface area (Å²) in [6, 6.07) is 17.9.